The number of nitrogens with one attached hydrogen (secondary N) is 1. The number of unbranched alkanes of at least 4 members (excludes halogenated alkanes) is 31. The van der Waals surface area contributed by atoms with Gasteiger partial charge in [-0.05, 0) is 77.0 Å². The predicted molar refractivity (Wildman–Crippen MR) is 291 cm³/mol. The molecule has 0 heterocycles. The summed E-state index contributed by atoms with van der Waals surface area (Å²) in [4.78, 5) is 26.3. The zero-order valence-electron chi connectivity index (χ0n) is 44.3. The Morgan fingerprint density at radius 2 is 0.761 bits per heavy atom. The molecule has 0 saturated heterocycles. The molecule has 0 aromatic rings. The highest BCUT2D eigenvalue weighted by Gasteiger charge is 2.24. The van der Waals surface area contributed by atoms with E-state index in [9.17, 15) is 19.8 Å². The minimum Gasteiger partial charge on any atom is -0.462 e. The second-order valence-electron chi connectivity index (χ2n) is 19.5. The number of hydrogen-bond donors (Lipinski definition) is 3. The molecule has 388 valence electrons. The number of carbonyl (C=O) groups is 2. The third kappa shape index (κ3) is 49.5. The second kappa shape index (κ2) is 54.2. The van der Waals surface area contributed by atoms with E-state index in [4.69, 9.17) is 4.74 Å². The molecule has 3 N–H and O–H groups in total. The van der Waals surface area contributed by atoms with E-state index < -0.39 is 18.2 Å². The molecule has 6 heteroatoms. The van der Waals surface area contributed by atoms with Gasteiger partial charge in [-0.1, -0.05) is 261 Å². The molecule has 0 aromatic heterocycles. The molecule has 0 aromatic carbocycles. The Labute approximate surface area is 415 Å². The first-order valence-corrected chi connectivity index (χ1v) is 28.7. The molecule has 0 radical (unpaired) electrons. The highest BCUT2D eigenvalue weighted by Crippen LogP contribution is 2.18. The third-order valence-electron chi connectivity index (χ3n) is 12.9. The summed E-state index contributed by atoms with van der Waals surface area (Å²) in [6.45, 7) is 6.44. The van der Waals surface area contributed by atoms with Gasteiger partial charge in [-0.15, -0.1) is 0 Å². The summed E-state index contributed by atoms with van der Waals surface area (Å²) in [5.74, 6) is -0.526. The Morgan fingerprint density at radius 3 is 1.21 bits per heavy atom. The van der Waals surface area contributed by atoms with Crippen LogP contribution in [0, 0.1) is 0 Å². The largest absolute Gasteiger partial charge is 0.462 e. The Morgan fingerprint density at radius 1 is 0.433 bits per heavy atom. The molecule has 3 atom stereocenters. The minimum atomic E-state index is -0.805. The summed E-state index contributed by atoms with van der Waals surface area (Å²) in [5.41, 5.74) is 0. The number of rotatable bonds is 51. The minimum absolute atomic E-state index is 0.0434. The lowest BCUT2D eigenvalue weighted by Gasteiger charge is -2.24. The third-order valence-corrected chi connectivity index (χ3v) is 12.9. The molecule has 3 unspecified atom stereocenters. The van der Waals surface area contributed by atoms with E-state index in [1.54, 1.807) is 0 Å². The number of hydrogen-bond acceptors (Lipinski definition) is 5. The van der Waals surface area contributed by atoms with Crippen molar-refractivity contribution in [2.75, 3.05) is 6.61 Å². The van der Waals surface area contributed by atoms with Gasteiger partial charge in [0.2, 0.25) is 5.91 Å². The standard InChI is InChI=1S/C61H109NO5/c1-4-7-10-13-16-19-22-25-28-30-31-33-36-39-42-45-48-51-54-61(66)67-57(52-49-46-43-40-37-34-32-29-26-23-20-17-14-11-8-5-2)55-60(65)62-58(56-63)59(64)53-50-47-44-41-38-35-27-24-21-18-15-12-9-6-3/h17,20,23,26,28-34,37,57-59,63-64H,4-16,18-19,21-22,24-25,27,35-36,38-56H2,1-3H3,(H,62,65)/b20-17+,26-23+,30-28+,32-29+,33-31+,37-34+. The van der Waals surface area contributed by atoms with Crippen LogP contribution in [0.4, 0.5) is 0 Å². The van der Waals surface area contributed by atoms with E-state index in [-0.39, 0.29) is 24.9 Å². The van der Waals surface area contributed by atoms with E-state index >= 15 is 0 Å². The van der Waals surface area contributed by atoms with Gasteiger partial charge in [0.1, 0.15) is 6.10 Å². The van der Waals surface area contributed by atoms with Crippen LogP contribution in [0.2, 0.25) is 0 Å². The molecule has 0 fully saturated rings. The molecule has 0 aliphatic carbocycles. The van der Waals surface area contributed by atoms with Gasteiger partial charge < -0.3 is 20.3 Å². The normalized spacial score (nSPS) is 13.7. The van der Waals surface area contributed by atoms with Crippen LogP contribution in [-0.2, 0) is 14.3 Å². The van der Waals surface area contributed by atoms with Crippen molar-refractivity contribution in [3.8, 4) is 0 Å². The molecule has 1 amide bonds. The molecule has 0 rings (SSSR count). The molecule has 0 spiro atoms. The van der Waals surface area contributed by atoms with Crippen LogP contribution in [0.1, 0.15) is 278 Å². The maximum Gasteiger partial charge on any atom is 0.306 e. The van der Waals surface area contributed by atoms with Gasteiger partial charge in [0.25, 0.3) is 0 Å². The average molecular weight is 937 g/mol. The van der Waals surface area contributed by atoms with Crippen molar-refractivity contribution in [2.45, 2.75) is 296 Å². The topological polar surface area (TPSA) is 95.9 Å². The Bertz CT molecular complexity index is 1230. The number of aliphatic hydroxyl groups is 2. The number of esters is 1. The lowest BCUT2D eigenvalue weighted by Crippen LogP contribution is -2.46. The fourth-order valence-electron chi connectivity index (χ4n) is 8.49. The van der Waals surface area contributed by atoms with Crippen LogP contribution in [0.15, 0.2) is 72.9 Å². The summed E-state index contributed by atoms with van der Waals surface area (Å²) < 4.78 is 5.94. The van der Waals surface area contributed by atoms with E-state index in [1.165, 1.54) is 141 Å². The quantitative estimate of drug-likeness (QED) is 0.0321. The fraction of sp³-hybridized carbons (Fsp3) is 0.770. The van der Waals surface area contributed by atoms with Crippen LogP contribution in [0.25, 0.3) is 0 Å². The molecule has 6 nitrogen and oxygen atoms in total. The highest BCUT2D eigenvalue weighted by molar-refractivity contribution is 5.77. The summed E-state index contributed by atoms with van der Waals surface area (Å²) in [5, 5.41) is 23.9. The predicted octanol–water partition coefficient (Wildman–Crippen LogP) is 17.7. The van der Waals surface area contributed by atoms with Crippen molar-refractivity contribution >= 4 is 11.9 Å². The van der Waals surface area contributed by atoms with E-state index in [1.807, 2.05) is 6.08 Å². The second-order valence-corrected chi connectivity index (χ2v) is 19.5. The van der Waals surface area contributed by atoms with Crippen molar-refractivity contribution in [3.63, 3.8) is 0 Å². The average Bonchev–Trinajstić information content (AvgIpc) is 3.32. The van der Waals surface area contributed by atoms with Crippen LogP contribution in [0.3, 0.4) is 0 Å². The molecule has 0 aliphatic heterocycles. The Hall–Kier alpha value is -2.70. The van der Waals surface area contributed by atoms with E-state index in [0.29, 0.717) is 19.3 Å². The molecular formula is C61H109NO5. The maximum atomic E-state index is 13.3. The molecular weight excluding hydrogens is 827 g/mol. The summed E-state index contributed by atoms with van der Waals surface area (Å²) in [6, 6.07) is -0.721. The Balaban J connectivity index is 4.67. The van der Waals surface area contributed by atoms with Crippen LogP contribution < -0.4 is 5.32 Å². The highest BCUT2D eigenvalue weighted by atomic mass is 16.5. The number of ether oxygens (including phenoxy) is 1. The van der Waals surface area contributed by atoms with Crippen molar-refractivity contribution in [2.24, 2.45) is 0 Å². The molecule has 0 bridgehead atoms. The van der Waals surface area contributed by atoms with Gasteiger partial charge in [-0.2, -0.15) is 0 Å². The van der Waals surface area contributed by atoms with Crippen LogP contribution in [-0.4, -0.2) is 46.9 Å². The number of aliphatic hydroxyl groups excluding tert-OH is 2. The van der Waals surface area contributed by atoms with E-state index in [2.05, 4.69) is 92.9 Å². The Kier molecular flexibility index (Phi) is 52.1. The van der Waals surface area contributed by atoms with Gasteiger partial charge >= 0.3 is 5.97 Å². The first kappa shape index (κ1) is 64.3. The molecule has 0 saturated carbocycles. The van der Waals surface area contributed by atoms with Crippen molar-refractivity contribution in [1.82, 2.24) is 5.32 Å². The molecule has 0 aliphatic rings. The molecule has 67 heavy (non-hydrogen) atoms. The summed E-state index contributed by atoms with van der Waals surface area (Å²) in [6.07, 6.45) is 69.6. The van der Waals surface area contributed by atoms with Crippen molar-refractivity contribution in [3.05, 3.63) is 72.9 Å². The zero-order chi connectivity index (χ0) is 48.8. The summed E-state index contributed by atoms with van der Waals surface area (Å²) >= 11 is 0. The van der Waals surface area contributed by atoms with Gasteiger partial charge in [-0.25, -0.2) is 0 Å². The SMILES string of the molecule is CCCCC/C=C/C=C/C=C/C=C/CCCCCC(CC(=O)NC(CO)C(O)CCCCCCCCCCCCCCCC)OC(=O)CCCCCCC/C=C/C=C/CCCCCCCCC. The van der Waals surface area contributed by atoms with Crippen molar-refractivity contribution < 1.29 is 24.5 Å². The van der Waals surface area contributed by atoms with Gasteiger partial charge in [0, 0.05) is 6.42 Å². The first-order valence-electron chi connectivity index (χ1n) is 28.7. The fourth-order valence-corrected chi connectivity index (χ4v) is 8.49. The zero-order valence-corrected chi connectivity index (χ0v) is 44.3. The van der Waals surface area contributed by atoms with Crippen LogP contribution >= 0.6 is 0 Å². The number of carbonyl (C=O) groups excluding carboxylic acids is 2. The van der Waals surface area contributed by atoms with Gasteiger partial charge in [0.05, 0.1) is 25.2 Å². The van der Waals surface area contributed by atoms with Crippen LogP contribution in [0.5, 0.6) is 0 Å². The smallest absolute Gasteiger partial charge is 0.306 e. The number of allylic oxidation sites excluding steroid dienone is 12. The monoisotopic (exact) mass is 936 g/mol. The summed E-state index contributed by atoms with van der Waals surface area (Å²) in [7, 11) is 0. The maximum absolute atomic E-state index is 13.3. The van der Waals surface area contributed by atoms with Gasteiger partial charge in [0.15, 0.2) is 0 Å². The van der Waals surface area contributed by atoms with Crippen molar-refractivity contribution in [1.29, 1.82) is 0 Å². The van der Waals surface area contributed by atoms with Gasteiger partial charge in [-0.3, -0.25) is 9.59 Å². The lowest BCUT2D eigenvalue weighted by molar-refractivity contribution is -0.151. The van der Waals surface area contributed by atoms with E-state index in [0.717, 1.165) is 89.9 Å². The lowest BCUT2D eigenvalue weighted by atomic mass is 10.0. The number of amides is 1. The first-order chi connectivity index (χ1) is 33.0.